The molecule has 0 radical (unpaired) electrons. The molecule has 20 heavy (non-hydrogen) atoms. The Bertz CT molecular complexity index is 416. The van der Waals surface area contributed by atoms with Crippen LogP contribution in [-0.4, -0.2) is 45.9 Å². The zero-order chi connectivity index (χ0) is 14.4. The van der Waals surface area contributed by atoms with Gasteiger partial charge in [-0.2, -0.15) is 0 Å². The van der Waals surface area contributed by atoms with Gasteiger partial charge in [-0.05, 0) is 37.1 Å². The van der Waals surface area contributed by atoms with Gasteiger partial charge in [0.2, 0.25) is 0 Å². The number of methoxy groups -OCH3 is 2. The first-order chi connectivity index (χ1) is 9.72. The third-order valence-electron chi connectivity index (χ3n) is 3.69. The maximum atomic E-state index is 5.43. The zero-order valence-electron chi connectivity index (χ0n) is 12.7. The Morgan fingerprint density at radius 3 is 2.85 bits per heavy atom. The van der Waals surface area contributed by atoms with E-state index in [1.54, 1.807) is 14.2 Å². The SMILES string of the molecule is COCc1cc(CN(C)C[C@H]2CCOC2)ccc1OC. The molecular formula is C16H25NO3. The third-order valence-corrected chi connectivity index (χ3v) is 3.69. The normalized spacial score (nSPS) is 18.7. The van der Waals surface area contributed by atoms with Gasteiger partial charge in [0.15, 0.2) is 0 Å². The Hall–Kier alpha value is -1.10. The monoisotopic (exact) mass is 279 g/mol. The molecule has 4 nitrogen and oxygen atoms in total. The summed E-state index contributed by atoms with van der Waals surface area (Å²) in [6.07, 6.45) is 1.18. The van der Waals surface area contributed by atoms with Crippen LogP contribution in [0.25, 0.3) is 0 Å². The summed E-state index contributed by atoms with van der Waals surface area (Å²) in [5, 5.41) is 0. The predicted octanol–water partition coefficient (Wildman–Crippen LogP) is 2.31. The minimum Gasteiger partial charge on any atom is -0.496 e. The first-order valence-corrected chi connectivity index (χ1v) is 7.14. The number of rotatable bonds is 7. The third kappa shape index (κ3) is 4.20. The fourth-order valence-corrected chi connectivity index (χ4v) is 2.74. The van der Waals surface area contributed by atoms with Crippen molar-refractivity contribution >= 4 is 0 Å². The molecule has 1 aromatic rings. The summed E-state index contributed by atoms with van der Waals surface area (Å²) < 4.78 is 16.0. The molecule has 1 aliphatic heterocycles. The molecule has 0 aromatic heterocycles. The number of hydrogen-bond donors (Lipinski definition) is 0. The molecule has 0 amide bonds. The Morgan fingerprint density at radius 2 is 2.20 bits per heavy atom. The van der Waals surface area contributed by atoms with Crippen molar-refractivity contribution in [2.24, 2.45) is 5.92 Å². The first kappa shape index (κ1) is 15.3. The number of nitrogens with zero attached hydrogens (tertiary/aromatic N) is 1. The van der Waals surface area contributed by atoms with Crippen LogP contribution in [0.15, 0.2) is 18.2 Å². The Balaban J connectivity index is 1.95. The molecule has 0 aliphatic carbocycles. The highest BCUT2D eigenvalue weighted by molar-refractivity contribution is 5.36. The Kier molecular flexibility index (Phi) is 5.83. The van der Waals surface area contributed by atoms with Gasteiger partial charge in [-0.3, -0.25) is 0 Å². The number of hydrogen-bond acceptors (Lipinski definition) is 4. The second kappa shape index (κ2) is 7.62. The van der Waals surface area contributed by atoms with Gasteiger partial charge in [-0.25, -0.2) is 0 Å². The highest BCUT2D eigenvalue weighted by Gasteiger charge is 2.17. The van der Waals surface area contributed by atoms with Crippen LogP contribution in [0.2, 0.25) is 0 Å². The lowest BCUT2D eigenvalue weighted by atomic mass is 10.1. The summed E-state index contributed by atoms with van der Waals surface area (Å²) in [5.41, 5.74) is 2.39. The lowest BCUT2D eigenvalue weighted by molar-refractivity contribution is 0.172. The van der Waals surface area contributed by atoms with E-state index in [1.165, 1.54) is 12.0 Å². The summed E-state index contributed by atoms with van der Waals surface area (Å²) in [4.78, 5) is 2.36. The van der Waals surface area contributed by atoms with E-state index in [4.69, 9.17) is 14.2 Å². The average molecular weight is 279 g/mol. The second-order valence-electron chi connectivity index (χ2n) is 5.51. The van der Waals surface area contributed by atoms with Crippen LogP contribution in [0.3, 0.4) is 0 Å². The van der Waals surface area contributed by atoms with E-state index in [-0.39, 0.29) is 0 Å². The van der Waals surface area contributed by atoms with Crippen molar-refractivity contribution in [3.05, 3.63) is 29.3 Å². The van der Waals surface area contributed by atoms with Crippen molar-refractivity contribution in [1.29, 1.82) is 0 Å². The Labute approximate surface area is 121 Å². The molecule has 0 spiro atoms. The van der Waals surface area contributed by atoms with Crippen LogP contribution in [0.1, 0.15) is 17.5 Å². The number of ether oxygens (including phenoxy) is 3. The van der Waals surface area contributed by atoms with Gasteiger partial charge in [-0.15, -0.1) is 0 Å². The van der Waals surface area contributed by atoms with Gasteiger partial charge in [0.25, 0.3) is 0 Å². The number of benzene rings is 1. The molecule has 4 heteroatoms. The molecule has 0 unspecified atom stereocenters. The molecule has 0 N–H and O–H groups in total. The summed E-state index contributed by atoms with van der Waals surface area (Å²) in [7, 11) is 5.57. The van der Waals surface area contributed by atoms with Crippen molar-refractivity contribution in [1.82, 2.24) is 4.90 Å². The average Bonchev–Trinajstić information content (AvgIpc) is 2.92. The van der Waals surface area contributed by atoms with E-state index >= 15 is 0 Å². The fourth-order valence-electron chi connectivity index (χ4n) is 2.74. The van der Waals surface area contributed by atoms with Gasteiger partial charge >= 0.3 is 0 Å². The fraction of sp³-hybridized carbons (Fsp3) is 0.625. The van der Waals surface area contributed by atoms with Crippen LogP contribution < -0.4 is 4.74 Å². The van der Waals surface area contributed by atoms with E-state index in [2.05, 4.69) is 24.1 Å². The van der Waals surface area contributed by atoms with Crippen LogP contribution in [0, 0.1) is 5.92 Å². The quantitative estimate of drug-likeness (QED) is 0.766. The molecule has 1 atom stereocenters. The van der Waals surface area contributed by atoms with E-state index in [0.29, 0.717) is 12.5 Å². The van der Waals surface area contributed by atoms with Crippen molar-refractivity contribution in [3.63, 3.8) is 0 Å². The first-order valence-electron chi connectivity index (χ1n) is 7.14. The molecule has 1 fully saturated rings. The van der Waals surface area contributed by atoms with Crippen LogP contribution in [0.5, 0.6) is 5.75 Å². The topological polar surface area (TPSA) is 30.9 Å². The summed E-state index contributed by atoms with van der Waals surface area (Å²) in [5.74, 6) is 1.57. The summed E-state index contributed by atoms with van der Waals surface area (Å²) >= 11 is 0. The molecule has 0 bridgehead atoms. The minimum absolute atomic E-state index is 0.581. The highest BCUT2D eigenvalue weighted by atomic mass is 16.5. The standard InChI is InChI=1S/C16H25NO3/c1-17(10-14-6-7-20-11-14)9-13-4-5-16(19-3)15(8-13)12-18-2/h4-5,8,14H,6-7,9-12H2,1-3H3/t14-/m1/s1. The maximum absolute atomic E-state index is 5.43. The lowest BCUT2D eigenvalue weighted by Gasteiger charge is -2.20. The largest absolute Gasteiger partial charge is 0.496 e. The van der Waals surface area contributed by atoms with Crippen molar-refractivity contribution in [2.75, 3.05) is 41.0 Å². The highest BCUT2D eigenvalue weighted by Crippen LogP contribution is 2.22. The molecule has 1 aromatic carbocycles. The van der Waals surface area contributed by atoms with Crippen molar-refractivity contribution in [3.8, 4) is 5.75 Å². The molecule has 2 rings (SSSR count). The zero-order valence-corrected chi connectivity index (χ0v) is 12.7. The summed E-state index contributed by atoms with van der Waals surface area (Å²) in [6.45, 7) is 4.43. The van der Waals surface area contributed by atoms with E-state index in [0.717, 1.165) is 37.6 Å². The van der Waals surface area contributed by atoms with Crippen molar-refractivity contribution in [2.45, 2.75) is 19.6 Å². The van der Waals surface area contributed by atoms with Gasteiger partial charge in [0.1, 0.15) is 5.75 Å². The minimum atomic E-state index is 0.581. The van der Waals surface area contributed by atoms with Crippen LogP contribution in [0.4, 0.5) is 0 Å². The summed E-state index contributed by atoms with van der Waals surface area (Å²) in [6, 6.07) is 6.32. The van der Waals surface area contributed by atoms with Crippen molar-refractivity contribution < 1.29 is 14.2 Å². The Morgan fingerprint density at radius 1 is 1.35 bits per heavy atom. The van der Waals surface area contributed by atoms with E-state index in [1.807, 2.05) is 6.07 Å². The molecular weight excluding hydrogens is 254 g/mol. The molecule has 1 aliphatic rings. The van der Waals surface area contributed by atoms with Crippen LogP contribution in [-0.2, 0) is 22.6 Å². The molecule has 0 saturated carbocycles. The lowest BCUT2D eigenvalue weighted by Crippen LogP contribution is -2.25. The van der Waals surface area contributed by atoms with Gasteiger partial charge in [-0.1, -0.05) is 6.07 Å². The van der Waals surface area contributed by atoms with Gasteiger partial charge in [0.05, 0.1) is 20.3 Å². The molecule has 1 saturated heterocycles. The maximum Gasteiger partial charge on any atom is 0.124 e. The molecule has 1 heterocycles. The van der Waals surface area contributed by atoms with Gasteiger partial charge in [0, 0.05) is 32.4 Å². The predicted molar refractivity (Wildman–Crippen MR) is 79.0 cm³/mol. The van der Waals surface area contributed by atoms with Gasteiger partial charge < -0.3 is 19.1 Å². The van der Waals surface area contributed by atoms with Crippen LogP contribution >= 0.6 is 0 Å². The second-order valence-corrected chi connectivity index (χ2v) is 5.51. The van der Waals surface area contributed by atoms with E-state index in [9.17, 15) is 0 Å². The van der Waals surface area contributed by atoms with E-state index < -0.39 is 0 Å². The smallest absolute Gasteiger partial charge is 0.124 e. The molecule has 112 valence electrons.